The molecular weight excluding hydrogens is 284 g/mol. The van der Waals surface area contributed by atoms with Crippen LogP contribution in [0.4, 0.5) is 5.69 Å². The number of rotatable bonds is 5. The molecule has 0 bridgehead atoms. The SMILES string of the molecule is Cc1ccccc1-c1ncc(NCCN)c(C2CCCCC2)n1. The lowest BCUT2D eigenvalue weighted by molar-refractivity contribution is 0.437. The Morgan fingerprint density at radius 1 is 1.17 bits per heavy atom. The van der Waals surface area contributed by atoms with E-state index in [0.29, 0.717) is 12.5 Å². The lowest BCUT2D eigenvalue weighted by atomic mass is 9.86. The zero-order valence-electron chi connectivity index (χ0n) is 13.9. The molecule has 1 fully saturated rings. The van der Waals surface area contributed by atoms with Gasteiger partial charge in [0.15, 0.2) is 5.82 Å². The van der Waals surface area contributed by atoms with Crippen molar-refractivity contribution in [2.24, 2.45) is 5.73 Å². The molecule has 1 heterocycles. The first-order valence-electron chi connectivity index (χ1n) is 8.66. The third-order valence-corrected chi connectivity index (χ3v) is 4.66. The van der Waals surface area contributed by atoms with Crippen LogP contribution in [0.2, 0.25) is 0 Å². The Balaban J connectivity index is 1.98. The average molecular weight is 310 g/mol. The van der Waals surface area contributed by atoms with Gasteiger partial charge in [0, 0.05) is 24.6 Å². The molecule has 0 aliphatic heterocycles. The molecule has 1 aromatic heterocycles. The summed E-state index contributed by atoms with van der Waals surface area (Å²) in [6.07, 6.45) is 8.32. The fraction of sp³-hybridized carbons (Fsp3) is 0.474. The number of nitrogens with two attached hydrogens (primary N) is 1. The first-order valence-corrected chi connectivity index (χ1v) is 8.66. The lowest BCUT2D eigenvalue weighted by Crippen LogP contribution is -2.17. The summed E-state index contributed by atoms with van der Waals surface area (Å²) in [4.78, 5) is 9.57. The zero-order chi connectivity index (χ0) is 16.1. The van der Waals surface area contributed by atoms with Crippen LogP contribution in [-0.4, -0.2) is 23.1 Å². The van der Waals surface area contributed by atoms with Crippen molar-refractivity contribution in [1.29, 1.82) is 0 Å². The van der Waals surface area contributed by atoms with Gasteiger partial charge < -0.3 is 11.1 Å². The predicted octanol–water partition coefficient (Wildman–Crippen LogP) is 3.87. The molecule has 4 nitrogen and oxygen atoms in total. The van der Waals surface area contributed by atoms with Gasteiger partial charge in [-0.2, -0.15) is 0 Å². The minimum atomic E-state index is 0.537. The van der Waals surface area contributed by atoms with Gasteiger partial charge in [-0.3, -0.25) is 0 Å². The van der Waals surface area contributed by atoms with Crippen LogP contribution in [0.1, 0.15) is 49.3 Å². The first kappa shape index (κ1) is 15.9. The second-order valence-electron chi connectivity index (χ2n) is 6.36. The van der Waals surface area contributed by atoms with Crippen molar-refractivity contribution < 1.29 is 0 Å². The maximum Gasteiger partial charge on any atom is 0.159 e. The van der Waals surface area contributed by atoms with Crippen molar-refractivity contribution in [1.82, 2.24) is 9.97 Å². The molecule has 2 aromatic rings. The molecule has 0 spiro atoms. The Morgan fingerprint density at radius 3 is 2.70 bits per heavy atom. The molecule has 122 valence electrons. The van der Waals surface area contributed by atoms with Gasteiger partial charge in [0.25, 0.3) is 0 Å². The Hall–Kier alpha value is -1.94. The van der Waals surface area contributed by atoms with E-state index in [0.717, 1.165) is 23.6 Å². The van der Waals surface area contributed by atoms with Gasteiger partial charge >= 0.3 is 0 Å². The number of aryl methyl sites for hydroxylation is 1. The third-order valence-electron chi connectivity index (χ3n) is 4.66. The maximum absolute atomic E-state index is 5.64. The quantitative estimate of drug-likeness (QED) is 0.880. The Morgan fingerprint density at radius 2 is 1.96 bits per heavy atom. The summed E-state index contributed by atoms with van der Waals surface area (Å²) in [5.41, 5.74) is 10.2. The number of benzene rings is 1. The highest BCUT2D eigenvalue weighted by molar-refractivity contribution is 5.62. The zero-order valence-corrected chi connectivity index (χ0v) is 13.9. The monoisotopic (exact) mass is 310 g/mol. The van der Waals surface area contributed by atoms with Crippen molar-refractivity contribution in [3.63, 3.8) is 0 Å². The van der Waals surface area contributed by atoms with Gasteiger partial charge in [-0.25, -0.2) is 9.97 Å². The van der Waals surface area contributed by atoms with Gasteiger partial charge in [0.05, 0.1) is 17.6 Å². The van der Waals surface area contributed by atoms with Crippen LogP contribution in [0.5, 0.6) is 0 Å². The predicted molar refractivity (Wildman–Crippen MR) is 95.6 cm³/mol. The highest BCUT2D eigenvalue weighted by atomic mass is 15.0. The smallest absolute Gasteiger partial charge is 0.159 e. The van der Waals surface area contributed by atoms with Crippen LogP contribution in [0.3, 0.4) is 0 Å². The molecule has 0 amide bonds. The van der Waals surface area contributed by atoms with E-state index in [4.69, 9.17) is 10.7 Å². The van der Waals surface area contributed by atoms with E-state index in [1.165, 1.54) is 43.4 Å². The van der Waals surface area contributed by atoms with E-state index in [1.807, 2.05) is 12.3 Å². The van der Waals surface area contributed by atoms with E-state index in [-0.39, 0.29) is 0 Å². The maximum atomic E-state index is 5.64. The minimum absolute atomic E-state index is 0.537. The van der Waals surface area contributed by atoms with Crippen molar-refractivity contribution >= 4 is 5.69 Å². The number of aromatic nitrogens is 2. The van der Waals surface area contributed by atoms with Gasteiger partial charge in [-0.1, -0.05) is 43.5 Å². The van der Waals surface area contributed by atoms with Crippen LogP contribution in [0.15, 0.2) is 30.5 Å². The van der Waals surface area contributed by atoms with Crippen LogP contribution in [-0.2, 0) is 0 Å². The van der Waals surface area contributed by atoms with E-state index in [9.17, 15) is 0 Å². The lowest BCUT2D eigenvalue weighted by Gasteiger charge is -2.24. The second kappa shape index (κ2) is 7.55. The van der Waals surface area contributed by atoms with Crippen LogP contribution in [0.25, 0.3) is 11.4 Å². The van der Waals surface area contributed by atoms with Crippen LogP contribution >= 0.6 is 0 Å². The standard InChI is InChI=1S/C19H26N4/c1-14-7-5-6-10-16(14)19-22-13-17(21-12-11-20)18(23-19)15-8-3-2-4-9-15/h5-7,10,13,15,21H,2-4,8-9,11-12,20H2,1H3. The third kappa shape index (κ3) is 3.70. The summed E-state index contributed by atoms with van der Waals surface area (Å²) >= 11 is 0. The largest absolute Gasteiger partial charge is 0.381 e. The van der Waals surface area contributed by atoms with E-state index >= 15 is 0 Å². The Kier molecular flexibility index (Phi) is 5.23. The summed E-state index contributed by atoms with van der Waals surface area (Å²) in [6.45, 7) is 3.48. The summed E-state index contributed by atoms with van der Waals surface area (Å²) < 4.78 is 0. The number of nitrogens with zero attached hydrogens (tertiary/aromatic N) is 2. The van der Waals surface area contributed by atoms with Crippen molar-refractivity contribution in [3.8, 4) is 11.4 Å². The van der Waals surface area contributed by atoms with Crippen molar-refractivity contribution in [2.45, 2.75) is 44.9 Å². The highest BCUT2D eigenvalue weighted by Gasteiger charge is 2.21. The molecule has 1 aliphatic rings. The topological polar surface area (TPSA) is 63.8 Å². The van der Waals surface area contributed by atoms with Crippen molar-refractivity contribution in [3.05, 3.63) is 41.7 Å². The molecule has 0 atom stereocenters. The summed E-state index contributed by atoms with van der Waals surface area (Å²) in [6, 6.07) is 8.31. The van der Waals surface area contributed by atoms with Gasteiger partial charge in [-0.05, 0) is 25.3 Å². The molecule has 0 radical (unpaired) electrons. The highest BCUT2D eigenvalue weighted by Crippen LogP contribution is 2.36. The minimum Gasteiger partial charge on any atom is -0.381 e. The fourth-order valence-corrected chi connectivity index (χ4v) is 3.38. The fourth-order valence-electron chi connectivity index (χ4n) is 3.38. The van der Waals surface area contributed by atoms with E-state index in [2.05, 4.69) is 35.4 Å². The molecule has 3 N–H and O–H groups in total. The Labute approximate surface area is 138 Å². The number of hydrogen-bond donors (Lipinski definition) is 2. The average Bonchev–Trinajstić information content (AvgIpc) is 2.61. The molecule has 1 aliphatic carbocycles. The number of nitrogens with one attached hydrogen (secondary N) is 1. The number of anilines is 1. The van der Waals surface area contributed by atoms with Crippen molar-refractivity contribution in [2.75, 3.05) is 18.4 Å². The molecule has 23 heavy (non-hydrogen) atoms. The van der Waals surface area contributed by atoms with E-state index < -0.39 is 0 Å². The normalized spacial score (nSPS) is 15.6. The first-order chi connectivity index (χ1) is 11.3. The molecule has 1 saturated carbocycles. The van der Waals surface area contributed by atoms with Crippen LogP contribution in [0, 0.1) is 6.92 Å². The molecular formula is C19H26N4. The van der Waals surface area contributed by atoms with Crippen LogP contribution < -0.4 is 11.1 Å². The molecule has 0 saturated heterocycles. The second-order valence-corrected chi connectivity index (χ2v) is 6.36. The van der Waals surface area contributed by atoms with Gasteiger partial charge in [0.1, 0.15) is 0 Å². The molecule has 3 rings (SSSR count). The number of hydrogen-bond acceptors (Lipinski definition) is 4. The summed E-state index contributed by atoms with van der Waals surface area (Å²) in [5.74, 6) is 1.37. The van der Waals surface area contributed by atoms with Gasteiger partial charge in [0.2, 0.25) is 0 Å². The molecule has 1 aromatic carbocycles. The summed E-state index contributed by atoms with van der Waals surface area (Å²) in [7, 11) is 0. The summed E-state index contributed by atoms with van der Waals surface area (Å²) in [5, 5.41) is 3.40. The Bertz CT molecular complexity index is 648. The van der Waals surface area contributed by atoms with E-state index in [1.54, 1.807) is 0 Å². The molecule has 0 unspecified atom stereocenters. The van der Waals surface area contributed by atoms with Gasteiger partial charge in [-0.15, -0.1) is 0 Å². The molecule has 4 heteroatoms.